The Morgan fingerprint density at radius 3 is 2.19 bits per heavy atom. The average Bonchev–Trinajstić information content (AvgIpc) is 2.54. The van der Waals surface area contributed by atoms with E-state index < -0.39 is 28.8 Å². The third kappa shape index (κ3) is 5.27. The summed E-state index contributed by atoms with van der Waals surface area (Å²) in [4.78, 5) is 22.2. The van der Waals surface area contributed by atoms with Gasteiger partial charge in [0.15, 0.2) is 6.61 Å². The van der Waals surface area contributed by atoms with Crippen LogP contribution in [0.1, 0.15) is 15.9 Å². The highest BCUT2D eigenvalue weighted by Crippen LogP contribution is 2.37. The summed E-state index contributed by atoms with van der Waals surface area (Å²) >= 11 is 16.4. The van der Waals surface area contributed by atoms with Gasteiger partial charge < -0.3 is 9.47 Å². The van der Waals surface area contributed by atoms with Crippen LogP contribution in [0.3, 0.4) is 0 Å². The minimum Gasteiger partial charge on any atom is -0.484 e. The predicted octanol–water partition coefficient (Wildman–Crippen LogP) is 5.67. The number of alkyl halides is 3. The Balaban J connectivity index is 2.28. The molecular weight excluding hydrogens is 420 g/mol. The number of halogens is 6. The van der Waals surface area contributed by atoms with Crippen LogP contribution < -0.4 is 9.47 Å². The second-order valence-corrected chi connectivity index (χ2v) is 5.99. The van der Waals surface area contributed by atoms with Crippen molar-refractivity contribution in [2.45, 2.75) is 6.18 Å². The minimum absolute atomic E-state index is 0.00938. The molecule has 0 aliphatic carbocycles. The monoisotopic (exact) mass is 426 g/mol. The summed E-state index contributed by atoms with van der Waals surface area (Å²) in [5.74, 6) is 0.00215. The van der Waals surface area contributed by atoms with E-state index >= 15 is 0 Å². The van der Waals surface area contributed by atoms with Gasteiger partial charge in [-0.2, -0.15) is 13.2 Å². The molecule has 10 heteroatoms. The molecule has 0 aromatic heterocycles. The van der Waals surface area contributed by atoms with E-state index in [-0.39, 0.29) is 27.8 Å². The van der Waals surface area contributed by atoms with Gasteiger partial charge in [0.2, 0.25) is 0 Å². The maximum absolute atomic E-state index is 12.6. The summed E-state index contributed by atoms with van der Waals surface area (Å²) in [5, 5.41) is -1.95. The Morgan fingerprint density at radius 2 is 1.65 bits per heavy atom. The van der Waals surface area contributed by atoms with Gasteiger partial charge in [0.05, 0.1) is 16.1 Å². The second-order valence-electron chi connectivity index (χ2n) is 4.82. The summed E-state index contributed by atoms with van der Waals surface area (Å²) in [6.07, 6.45) is -4.54. The van der Waals surface area contributed by atoms with Gasteiger partial charge in [-0.15, -0.1) is 0 Å². The van der Waals surface area contributed by atoms with Gasteiger partial charge in [-0.3, -0.25) is 9.59 Å². The average molecular weight is 428 g/mol. The topological polar surface area (TPSA) is 52.6 Å². The molecule has 0 unspecified atom stereocenters. The third-order valence-corrected chi connectivity index (χ3v) is 3.60. The van der Waals surface area contributed by atoms with Crippen LogP contribution in [0.5, 0.6) is 17.2 Å². The van der Waals surface area contributed by atoms with Gasteiger partial charge >= 0.3 is 6.18 Å². The molecule has 2 aromatic rings. The van der Waals surface area contributed by atoms with E-state index in [1.54, 1.807) is 0 Å². The van der Waals surface area contributed by atoms with Crippen molar-refractivity contribution in [2.24, 2.45) is 0 Å². The zero-order chi connectivity index (χ0) is 19.5. The number of carbonyl (C=O) groups is 2. The lowest BCUT2D eigenvalue weighted by Crippen LogP contribution is -2.07. The summed E-state index contributed by atoms with van der Waals surface area (Å²) < 4.78 is 48.4. The van der Waals surface area contributed by atoms with Crippen molar-refractivity contribution in [2.75, 3.05) is 6.61 Å². The predicted molar refractivity (Wildman–Crippen MR) is 89.5 cm³/mol. The van der Waals surface area contributed by atoms with Crippen LogP contribution in [0.2, 0.25) is 5.02 Å². The minimum atomic E-state index is -4.54. The molecule has 0 radical (unpaired) electrons. The summed E-state index contributed by atoms with van der Waals surface area (Å²) in [7, 11) is 0. The normalized spacial score (nSPS) is 11.2. The number of hydrogen-bond donors (Lipinski definition) is 0. The highest BCUT2D eigenvalue weighted by atomic mass is 35.5. The SMILES string of the molecule is O=C(Cl)COc1ccc(Oc2ccc(C(F)(F)F)cc2Cl)cc1C(=O)Cl. The zero-order valence-electron chi connectivity index (χ0n) is 12.6. The fraction of sp³-hybridized carbons (Fsp3) is 0.125. The third-order valence-electron chi connectivity index (χ3n) is 2.99. The van der Waals surface area contributed by atoms with Gasteiger partial charge in [0.25, 0.3) is 10.5 Å². The highest BCUT2D eigenvalue weighted by molar-refractivity contribution is 6.68. The molecule has 2 rings (SSSR count). The maximum Gasteiger partial charge on any atom is 0.416 e. The molecular formula is C16H8Cl3F3O4. The van der Waals surface area contributed by atoms with E-state index in [0.29, 0.717) is 6.07 Å². The first-order valence-electron chi connectivity index (χ1n) is 6.77. The number of ether oxygens (including phenoxy) is 2. The van der Waals surface area contributed by atoms with Crippen LogP contribution >= 0.6 is 34.8 Å². The Labute approximate surface area is 160 Å². The molecule has 0 saturated carbocycles. The van der Waals surface area contributed by atoms with Crippen molar-refractivity contribution in [3.63, 3.8) is 0 Å². The molecule has 0 spiro atoms. The first-order chi connectivity index (χ1) is 12.1. The number of rotatable bonds is 6. The number of hydrogen-bond acceptors (Lipinski definition) is 4. The lowest BCUT2D eigenvalue weighted by Gasteiger charge is -2.13. The molecule has 0 fully saturated rings. The van der Waals surface area contributed by atoms with E-state index in [0.717, 1.165) is 12.1 Å². The van der Waals surface area contributed by atoms with E-state index in [4.69, 9.17) is 44.3 Å². The first-order valence-corrected chi connectivity index (χ1v) is 7.91. The lowest BCUT2D eigenvalue weighted by atomic mass is 10.2. The quantitative estimate of drug-likeness (QED) is 0.557. The smallest absolute Gasteiger partial charge is 0.416 e. The van der Waals surface area contributed by atoms with Crippen LogP contribution in [0.25, 0.3) is 0 Å². The molecule has 0 bridgehead atoms. The van der Waals surface area contributed by atoms with Crippen molar-refractivity contribution in [3.8, 4) is 17.2 Å². The van der Waals surface area contributed by atoms with Gasteiger partial charge in [-0.1, -0.05) is 11.6 Å². The van der Waals surface area contributed by atoms with Crippen LogP contribution in [-0.4, -0.2) is 17.1 Å². The van der Waals surface area contributed by atoms with Gasteiger partial charge in [0, 0.05) is 0 Å². The summed E-state index contributed by atoms with van der Waals surface area (Å²) in [5.41, 5.74) is -1.05. The largest absolute Gasteiger partial charge is 0.484 e. The fourth-order valence-corrected chi connectivity index (χ4v) is 2.29. The first kappa shape index (κ1) is 20.4. The van der Waals surface area contributed by atoms with Gasteiger partial charge in [-0.25, -0.2) is 0 Å². The summed E-state index contributed by atoms with van der Waals surface area (Å²) in [6.45, 7) is -0.482. The Kier molecular flexibility index (Phi) is 6.39. The number of benzene rings is 2. The lowest BCUT2D eigenvalue weighted by molar-refractivity contribution is -0.137. The van der Waals surface area contributed by atoms with E-state index in [1.165, 1.54) is 18.2 Å². The molecule has 0 N–H and O–H groups in total. The standard InChI is InChI=1S/C16H8Cl3F3O4/c17-11-5-8(16(20,21)22)1-3-13(11)26-9-2-4-12(25-7-14(18)23)10(6-9)15(19)24/h1-6H,7H2. The zero-order valence-corrected chi connectivity index (χ0v) is 14.8. The molecule has 0 atom stereocenters. The Hall–Kier alpha value is -1.96. The number of carbonyl (C=O) groups excluding carboxylic acids is 2. The van der Waals surface area contributed by atoms with E-state index in [2.05, 4.69) is 0 Å². The molecule has 26 heavy (non-hydrogen) atoms. The molecule has 0 amide bonds. The van der Waals surface area contributed by atoms with Crippen molar-refractivity contribution < 1.29 is 32.2 Å². The molecule has 138 valence electrons. The van der Waals surface area contributed by atoms with Gasteiger partial charge in [0.1, 0.15) is 17.2 Å². The summed E-state index contributed by atoms with van der Waals surface area (Å²) in [6, 6.07) is 6.40. The van der Waals surface area contributed by atoms with Crippen molar-refractivity contribution in [1.29, 1.82) is 0 Å². The maximum atomic E-state index is 12.6. The van der Waals surface area contributed by atoms with Crippen molar-refractivity contribution >= 4 is 45.3 Å². The van der Waals surface area contributed by atoms with Crippen LogP contribution in [0.15, 0.2) is 36.4 Å². The molecule has 0 saturated heterocycles. The fourth-order valence-electron chi connectivity index (χ4n) is 1.87. The van der Waals surface area contributed by atoms with E-state index in [1.807, 2.05) is 0 Å². The van der Waals surface area contributed by atoms with Crippen molar-refractivity contribution in [1.82, 2.24) is 0 Å². The Morgan fingerprint density at radius 1 is 1.00 bits per heavy atom. The Bertz CT molecular complexity index is 853. The van der Waals surface area contributed by atoms with E-state index in [9.17, 15) is 22.8 Å². The molecule has 4 nitrogen and oxygen atoms in total. The van der Waals surface area contributed by atoms with Crippen LogP contribution in [0, 0.1) is 0 Å². The van der Waals surface area contributed by atoms with Gasteiger partial charge in [-0.05, 0) is 59.6 Å². The molecule has 2 aromatic carbocycles. The molecule has 0 aliphatic heterocycles. The van der Waals surface area contributed by atoms with Crippen molar-refractivity contribution in [3.05, 3.63) is 52.5 Å². The van der Waals surface area contributed by atoms with Crippen LogP contribution in [0.4, 0.5) is 13.2 Å². The van der Waals surface area contributed by atoms with Crippen LogP contribution in [-0.2, 0) is 11.0 Å². The second kappa shape index (κ2) is 8.16. The molecule has 0 heterocycles. The molecule has 0 aliphatic rings. The highest BCUT2D eigenvalue weighted by Gasteiger charge is 2.31.